The van der Waals surface area contributed by atoms with E-state index in [4.69, 9.17) is 15.2 Å². The Morgan fingerprint density at radius 2 is 2.04 bits per heavy atom. The van der Waals surface area contributed by atoms with Gasteiger partial charge in [0.15, 0.2) is 0 Å². The van der Waals surface area contributed by atoms with Crippen LogP contribution in [0.2, 0.25) is 0 Å². The lowest BCUT2D eigenvalue weighted by Crippen LogP contribution is -2.56. The lowest BCUT2D eigenvalue weighted by atomic mass is 10.1. The first-order valence-electron chi connectivity index (χ1n) is 7.29. The minimum Gasteiger partial charge on any atom is -0.487 e. The SMILES string of the molecule is COc1ncccc1C(=O)N1CC(Oc2ccnc(C(N)=O)c2)C1. The summed E-state index contributed by atoms with van der Waals surface area (Å²) in [7, 11) is 1.47. The Morgan fingerprint density at radius 1 is 1.25 bits per heavy atom. The second-order valence-corrected chi connectivity index (χ2v) is 5.25. The Balaban J connectivity index is 1.60. The van der Waals surface area contributed by atoms with E-state index in [0.29, 0.717) is 30.3 Å². The standard InChI is InChI=1S/C16H16N4O4/c1-23-15-12(3-2-5-19-15)16(22)20-8-11(9-20)24-10-4-6-18-13(7-10)14(17)21/h2-7,11H,8-9H2,1H3,(H2,17,21). The molecule has 0 bridgehead atoms. The molecule has 8 heteroatoms. The van der Waals surface area contributed by atoms with Crippen LogP contribution >= 0.6 is 0 Å². The van der Waals surface area contributed by atoms with E-state index in [9.17, 15) is 9.59 Å². The zero-order chi connectivity index (χ0) is 17.1. The predicted molar refractivity (Wildman–Crippen MR) is 83.9 cm³/mol. The number of hydrogen-bond donors (Lipinski definition) is 1. The number of methoxy groups -OCH3 is 1. The van der Waals surface area contributed by atoms with Crippen molar-refractivity contribution in [3.63, 3.8) is 0 Å². The highest BCUT2D eigenvalue weighted by Gasteiger charge is 2.34. The Hall–Kier alpha value is -3.16. The van der Waals surface area contributed by atoms with Gasteiger partial charge in [-0.2, -0.15) is 0 Å². The summed E-state index contributed by atoms with van der Waals surface area (Å²) >= 11 is 0. The molecule has 1 saturated heterocycles. The van der Waals surface area contributed by atoms with Crippen LogP contribution in [0.4, 0.5) is 0 Å². The summed E-state index contributed by atoms with van der Waals surface area (Å²) in [5, 5.41) is 0. The number of rotatable bonds is 5. The van der Waals surface area contributed by atoms with Crippen LogP contribution in [0.1, 0.15) is 20.8 Å². The van der Waals surface area contributed by atoms with Crippen molar-refractivity contribution >= 4 is 11.8 Å². The van der Waals surface area contributed by atoms with E-state index in [-0.39, 0.29) is 17.7 Å². The summed E-state index contributed by atoms with van der Waals surface area (Å²) in [4.78, 5) is 33.1. The number of nitrogens with zero attached hydrogens (tertiary/aromatic N) is 3. The molecule has 1 aliphatic rings. The van der Waals surface area contributed by atoms with Crippen LogP contribution in [0.15, 0.2) is 36.7 Å². The summed E-state index contributed by atoms with van der Waals surface area (Å²) in [5.74, 6) is 0.0175. The molecule has 0 atom stereocenters. The summed E-state index contributed by atoms with van der Waals surface area (Å²) in [6.45, 7) is 0.871. The van der Waals surface area contributed by atoms with Gasteiger partial charge in [0.1, 0.15) is 23.1 Å². The normalized spacial score (nSPS) is 14.0. The quantitative estimate of drug-likeness (QED) is 0.856. The summed E-state index contributed by atoms with van der Waals surface area (Å²) in [5.41, 5.74) is 5.74. The van der Waals surface area contributed by atoms with Crippen molar-refractivity contribution in [3.05, 3.63) is 47.9 Å². The second kappa shape index (κ2) is 6.53. The van der Waals surface area contributed by atoms with Crippen molar-refractivity contribution in [3.8, 4) is 11.6 Å². The fraction of sp³-hybridized carbons (Fsp3) is 0.250. The topological polar surface area (TPSA) is 108 Å². The Kier molecular flexibility index (Phi) is 4.28. The van der Waals surface area contributed by atoms with Gasteiger partial charge < -0.3 is 20.1 Å². The molecule has 2 aromatic heterocycles. The maximum absolute atomic E-state index is 12.4. The van der Waals surface area contributed by atoms with E-state index in [1.54, 1.807) is 29.3 Å². The van der Waals surface area contributed by atoms with Crippen molar-refractivity contribution in [2.45, 2.75) is 6.10 Å². The van der Waals surface area contributed by atoms with Crippen molar-refractivity contribution in [2.75, 3.05) is 20.2 Å². The van der Waals surface area contributed by atoms with Crippen molar-refractivity contribution in [1.29, 1.82) is 0 Å². The van der Waals surface area contributed by atoms with Crippen LogP contribution in [0.5, 0.6) is 11.6 Å². The molecule has 3 rings (SSSR count). The van der Waals surface area contributed by atoms with E-state index in [1.165, 1.54) is 19.4 Å². The minimum absolute atomic E-state index is 0.139. The maximum Gasteiger partial charge on any atom is 0.267 e. The lowest BCUT2D eigenvalue weighted by molar-refractivity contribution is 0.0174. The summed E-state index contributed by atoms with van der Waals surface area (Å²) < 4.78 is 10.8. The van der Waals surface area contributed by atoms with E-state index in [1.807, 2.05) is 0 Å². The van der Waals surface area contributed by atoms with Gasteiger partial charge in [-0.3, -0.25) is 14.6 Å². The van der Waals surface area contributed by atoms with Crippen LogP contribution in [0.3, 0.4) is 0 Å². The van der Waals surface area contributed by atoms with Crippen LogP contribution in [0, 0.1) is 0 Å². The number of carbonyl (C=O) groups excluding carboxylic acids is 2. The van der Waals surface area contributed by atoms with Crippen molar-refractivity contribution in [2.24, 2.45) is 5.73 Å². The molecule has 1 fully saturated rings. The molecule has 0 unspecified atom stereocenters. The monoisotopic (exact) mass is 328 g/mol. The van der Waals surface area contributed by atoms with Gasteiger partial charge in [0, 0.05) is 18.5 Å². The minimum atomic E-state index is -0.616. The summed E-state index contributed by atoms with van der Waals surface area (Å²) in [6, 6.07) is 6.48. The fourth-order valence-electron chi connectivity index (χ4n) is 2.38. The van der Waals surface area contributed by atoms with Crippen molar-refractivity contribution < 1.29 is 19.1 Å². The molecule has 2 N–H and O–H groups in total. The van der Waals surface area contributed by atoms with Crippen molar-refractivity contribution in [1.82, 2.24) is 14.9 Å². The Labute approximate surface area is 138 Å². The van der Waals surface area contributed by atoms with Crippen LogP contribution in [0.25, 0.3) is 0 Å². The fourth-order valence-corrected chi connectivity index (χ4v) is 2.38. The number of ether oxygens (including phenoxy) is 2. The highest BCUT2D eigenvalue weighted by molar-refractivity contribution is 5.96. The van der Waals surface area contributed by atoms with E-state index >= 15 is 0 Å². The summed E-state index contributed by atoms with van der Waals surface area (Å²) in [6.07, 6.45) is 2.87. The zero-order valence-electron chi connectivity index (χ0n) is 13.0. The third kappa shape index (κ3) is 3.12. The zero-order valence-corrected chi connectivity index (χ0v) is 13.0. The Bertz CT molecular complexity index is 774. The number of primary amides is 1. The molecule has 8 nitrogen and oxygen atoms in total. The van der Waals surface area contributed by atoms with Crippen LogP contribution in [-0.4, -0.2) is 53.0 Å². The molecule has 0 radical (unpaired) electrons. The smallest absolute Gasteiger partial charge is 0.267 e. The number of hydrogen-bond acceptors (Lipinski definition) is 6. The molecule has 0 aliphatic carbocycles. The number of pyridine rings is 2. The van der Waals surface area contributed by atoms with Crippen LogP contribution < -0.4 is 15.2 Å². The van der Waals surface area contributed by atoms with Gasteiger partial charge in [-0.25, -0.2) is 4.98 Å². The molecule has 2 aromatic rings. The number of nitrogens with two attached hydrogens (primary N) is 1. The van der Waals surface area contributed by atoms with E-state index in [0.717, 1.165) is 0 Å². The third-order valence-corrected chi connectivity index (χ3v) is 3.62. The molecule has 24 heavy (non-hydrogen) atoms. The van der Waals surface area contributed by atoms with Gasteiger partial charge in [0.25, 0.3) is 11.8 Å². The highest BCUT2D eigenvalue weighted by atomic mass is 16.5. The molecular weight excluding hydrogens is 312 g/mol. The molecule has 3 heterocycles. The van der Waals surface area contributed by atoms with Gasteiger partial charge in [0.05, 0.1) is 20.2 Å². The molecule has 0 aromatic carbocycles. The number of aromatic nitrogens is 2. The highest BCUT2D eigenvalue weighted by Crippen LogP contribution is 2.23. The van der Waals surface area contributed by atoms with E-state index in [2.05, 4.69) is 9.97 Å². The first kappa shape index (κ1) is 15.7. The molecule has 0 spiro atoms. The third-order valence-electron chi connectivity index (χ3n) is 3.62. The van der Waals surface area contributed by atoms with Gasteiger partial charge in [-0.1, -0.05) is 0 Å². The first-order chi connectivity index (χ1) is 11.6. The van der Waals surface area contributed by atoms with E-state index < -0.39 is 5.91 Å². The largest absolute Gasteiger partial charge is 0.487 e. The average molecular weight is 328 g/mol. The number of amides is 2. The molecule has 124 valence electrons. The second-order valence-electron chi connectivity index (χ2n) is 5.25. The number of carbonyl (C=O) groups is 2. The average Bonchev–Trinajstić information content (AvgIpc) is 2.57. The van der Waals surface area contributed by atoms with Gasteiger partial charge >= 0.3 is 0 Å². The molecule has 2 amide bonds. The predicted octanol–water partition coefficient (Wildman–Crippen LogP) is 0.487. The van der Waals surface area contributed by atoms with Gasteiger partial charge in [-0.15, -0.1) is 0 Å². The number of likely N-dealkylation sites (tertiary alicyclic amines) is 1. The molecular formula is C16H16N4O4. The molecule has 0 saturated carbocycles. The Morgan fingerprint density at radius 3 is 2.75 bits per heavy atom. The van der Waals surface area contributed by atoms with Gasteiger partial charge in [-0.05, 0) is 18.2 Å². The lowest BCUT2D eigenvalue weighted by Gasteiger charge is -2.39. The van der Waals surface area contributed by atoms with Crippen LogP contribution in [-0.2, 0) is 0 Å². The molecule has 1 aliphatic heterocycles. The van der Waals surface area contributed by atoms with Gasteiger partial charge in [0.2, 0.25) is 5.88 Å². The first-order valence-corrected chi connectivity index (χ1v) is 7.29. The maximum atomic E-state index is 12.4.